The summed E-state index contributed by atoms with van der Waals surface area (Å²) in [6, 6.07) is 4.88. The molecular weight excluding hydrogens is 242 g/mol. The maximum absolute atomic E-state index is 5.93. The smallest absolute Gasteiger partial charge is 0.132 e. The third kappa shape index (κ3) is 2.98. The largest absolute Gasteiger partial charge is 0.352 e. The van der Waals surface area contributed by atoms with Gasteiger partial charge in [-0.15, -0.1) is 0 Å². The molecule has 0 bridgehead atoms. The Balaban J connectivity index is 2.26. The first-order chi connectivity index (χ1) is 8.59. The van der Waals surface area contributed by atoms with Crippen molar-refractivity contribution in [3.8, 4) is 0 Å². The second-order valence-electron chi connectivity index (χ2n) is 5.18. The highest BCUT2D eigenvalue weighted by molar-refractivity contribution is 8.00. The van der Waals surface area contributed by atoms with Crippen LogP contribution in [0.2, 0.25) is 0 Å². The Bertz CT molecular complexity index is 394. The van der Waals surface area contributed by atoms with Gasteiger partial charge in [-0.1, -0.05) is 13.0 Å². The van der Waals surface area contributed by atoms with E-state index in [2.05, 4.69) is 48.5 Å². The van der Waals surface area contributed by atoms with Crippen LogP contribution >= 0.6 is 11.8 Å². The third-order valence-electron chi connectivity index (χ3n) is 3.57. The standard InChI is InChI=1S/C14H23N3S/c1-10(15)9-13-5-4-6-16-14(13)17-7-8-18-12(3)11(17)2/h4-6,10-12H,7-9,15H2,1-3H3. The number of anilines is 1. The van der Waals surface area contributed by atoms with Crippen LogP contribution < -0.4 is 10.6 Å². The first kappa shape index (κ1) is 13.7. The van der Waals surface area contributed by atoms with E-state index in [1.165, 1.54) is 11.3 Å². The predicted octanol–water partition coefficient (Wildman–Crippen LogP) is 2.30. The lowest BCUT2D eigenvalue weighted by atomic mass is 10.1. The number of aromatic nitrogens is 1. The Morgan fingerprint density at radius 3 is 3.06 bits per heavy atom. The number of hydrogen-bond donors (Lipinski definition) is 1. The number of nitrogens with zero attached hydrogens (tertiary/aromatic N) is 2. The second-order valence-corrected chi connectivity index (χ2v) is 6.66. The van der Waals surface area contributed by atoms with Crippen LogP contribution in [0, 0.1) is 0 Å². The number of nitrogens with two attached hydrogens (primary N) is 1. The van der Waals surface area contributed by atoms with Gasteiger partial charge in [-0.2, -0.15) is 11.8 Å². The van der Waals surface area contributed by atoms with Crippen LogP contribution in [-0.4, -0.2) is 34.6 Å². The van der Waals surface area contributed by atoms with Gasteiger partial charge in [-0.3, -0.25) is 0 Å². The summed E-state index contributed by atoms with van der Waals surface area (Å²) in [5.74, 6) is 2.31. The van der Waals surface area contributed by atoms with E-state index in [4.69, 9.17) is 5.73 Å². The minimum Gasteiger partial charge on any atom is -0.352 e. The van der Waals surface area contributed by atoms with E-state index in [1.54, 1.807) is 0 Å². The van der Waals surface area contributed by atoms with Crippen LogP contribution in [0.3, 0.4) is 0 Å². The minimum atomic E-state index is 0.180. The SMILES string of the molecule is CC(N)Cc1cccnc1N1CCSC(C)C1C. The molecule has 1 fully saturated rings. The van der Waals surface area contributed by atoms with Crippen LogP contribution in [0.4, 0.5) is 5.82 Å². The quantitative estimate of drug-likeness (QED) is 0.910. The average Bonchev–Trinajstić information content (AvgIpc) is 2.33. The van der Waals surface area contributed by atoms with Gasteiger partial charge in [0.05, 0.1) is 0 Å². The summed E-state index contributed by atoms with van der Waals surface area (Å²) < 4.78 is 0. The molecule has 1 aliphatic rings. The summed E-state index contributed by atoms with van der Waals surface area (Å²) in [6.45, 7) is 7.73. The van der Waals surface area contributed by atoms with Crippen molar-refractivity contribution in [2.75, 3.05) is 17.2 Å². The van der Waals surface area contributed by atoms with Crippen LogP contribution in [-0.2, 0) is 6.42 Å². The van der Waals surface area contributed by atoms with Crippen molar-refractivity contribution in [3.63, 3.8) is 0 Å². The summed E-state index contributed by atoms with van der Waals surface area (Å²) in [4.78, 5) is 7.04. The second kappa shape index (κ2) is 5.93. The average molecular weight is 265 g/mol. The van der Waals surface area contributed by atoms with Crippen LogP contribution in [0.25, 0.3) is 0 Å². The molecule has 2 rings (SSSR count). The first-order valence-corrected chi connectivity index (χ1v) is 7.72. The molecule has 1 aromatic heterocycles. The Morgan fingerprint density at radius 1 is 1.56 bits per heavy atom. The van der Waals surface area contributed by atoms with E-state index in [0.29, 0.717) is 11.3 Å². The summed E-state index contributed by atoms with van der Waals surface area (Å²) >= 11 is 2.05. The minimum absolute atomic E-state index is 0.180. The van der Waals surface area contributed by atoms with E-state index < -0.39 is 0 Å². The molecule has 0 saturated carbocycles. The van der Waals surface area contributed by atoms with Crippen molar-refractivity contribution >= 4 is 17.6 Å². The van der Waals surface area contributed by atoms with Gasteiger partial charge in [0.1, 0.15) is 5.82 Å². The van der Waals surface area contributed by atoms with Gasteiger partial charge in [0.2, 0.25) is 0 Å². The van der Waals surface area contributed by atoms with Crippen molar-refractivity contribution in [3.05, 3.63) is 23.9 Å². The fraction of sp³-hybridized carbons (Fsp3) is 0.643. The van der Waals surface area contributed by atoms with Crippen molar-refractivity contribution in [1.82, 2.24) is 4.98 Å². The molecular formula is C14H23N3S. The Hall–Kier alpha value is -0.740. The van der Waals surface area contributed by atoms with Crippen LogP contribution in [0.15, 0.2) is 18.3 Å². The maximum Gasteiger partial charge on any atom is 0.132 e. The van der Waals surface area contributed by atoms with E-state index >= 15 is 0 Å². The molecule has 1 aliphatic heterocycles. The zero-order valence-corrected chi connectivity index (χ0v) is 12.3. The normalized spacial score (nSPS) is 26.1. The van der Waals surface area contributed by atoms with E-state index in [9.17, 15) is 0 Å². The lowest BCUT2D eigenvalue weighted by Gasteiger charge is -2.39. The first-order valence-electron chi connectivity index (χ1n) is 6.67. The highest BCUT2D eigenvalue weighted by Crippen LogP contribution is 2.30. The molecule has 3 atom stereocenters. The van der Waals surface area contributed by atoms with Gasteiger partial charge in [0.15, 0.2) is 0 Å². The molecule has 1 aromatic rings. The van der Waals surface area contributed by atoms with Gasteiger partial charge in [-0.25, -0.2) is 4.98 Å². The molecule has 1 saturated heterocycles. The lowest BCUT2D eigenvalue weighted by molar-refractivity contribution is 0.614. The van der Waals surface area contributed by atoms with Gasteiger partial charge in [0, 0.05) is 35.8 Å². The summed E-state index contributed by atoms with van der Waals surface area (Å²) in [6.07, 6.45) is 2.78. The third-order valence-corrected chi connectivity index (χ3v) is 4.90. The molecule has 3 nitrogen and oxygen atoms in total. The number of thioether (sulfide) groups is 1. The topological polar surface area (TPSA) is 42.1 Å². The zero-order chi connectivity index (χ0) is 13.1. The summed E-state index contributed by atoms with van der Waals surface area (Å²) in [5.41, 5.74) is 7.21. The molecule has 18 heavy (non-hydrogen) atoms. The molecule has 0 spiro atoms. The molecule has 2 heterocycles. The molecule has 0 amide bonds. The number of pyridine rings is 1. The van der Waals surface area contributed by atoms with Gasteiger partial charge in [0.25, 0.3) is 0 Å². The fourth-order valence-corrected chi connectivity index (χ4v) is 3.53. The van der Waals surface area contributed by atoms with Gasteiger partial charge < -0.3 is 10.6 Å². The van der Waals surface area contributed by atoms with Crippen LogP contribution in [0.1, 0.15) is 26.3 Å². The molecule has 100 valence electrons. The highest BCUT2D eigenvalue weighted by atomic mass is 32.2. The molecule has 0 radical (unpaired) electrons. The monoisotopic (exact) mass is 265 g/mol. The van der Waals surface area contributed by atoms with E-state index in [-0.39, 0.29) is 6.04 Å². The van der Waals surface area contributed by atoms with E-state index in [1.807, 2.05) is 12.3 Å². The Labute approximate surface area is 114 Å². The predicted molar refractivity (Wildman–Crippen MR) is 80.3 cm³/mol. The summed E-state index contributed by atoms with van der Waals surface area (Å²) in [7, 11) is 0. The van der Waals surface area contributed by atoms with E-state index in [0.717, 1.165) is 18.8 Å². The summed E-state index contributed by atoms with van der Waals surface area (Å²) in [5, 5.41) is 0.656. The van der Waals surface area contributed by atoms with Crippen molar-refractivity contribution in [2.45, 2.75) is 44.5 Å². The molecule has 0 aromatic carbocycles. The Morgan fingerprint density at radius 2 is 2.33 bits per heavy atom. The van der Waals surface area contributed by atoms with Crippen LogP contribution in [0.5, 0.6) is 0 Å². The molecule has 0 aliphatic carbocycles. The van der Waals surface area contributed by atoms with Crippen molar-refractivity contribution in [1.29, 1.82) is 0 Å². The lowest BCUT2D eigenvalue weighted by Crippen LogP contribution is -2.45. The maximum atomic E-state index is 5.93. The Kier molecular flexibility index (Phi) is 4.51. The molecule has 2 N–H and O–H groups in total. The molecule has 3 unspecified atom stereocenters. The van der Waals surface area contributed by atoms with Crippen molar-refractivity contribution in [2.24, 2.45) is 5.73 Å². The number of hydrogen-bond acceptors (Lipinski definition) is 4. The van der Waals surface area contributed by atoms with Gasteiger partial charge in [-0.05, 0) is 31.9 Å². The van der Waals surface area contributed by atoms with Crippen molar-refractivity contribution < 1.29 is 0 Å². The highest BCUT2D eigenvalue weighted by Gasteiger charge is 2.27. The fourth-order valence-electron chi connectivity index (χ4n) is 2.43. The zero-order valence-electron chi connectivity index (χ0n) is 11.5. The van der Waals surface area contributed by atoms with Gasteiger partial charge >= 0.3 is 0 Å². The molecule has 4 heteroatoms. The number of rotatable bonds is 3.